The van der Waals surface area contributed by atoms with Crippen molar-refractivity contribution < 1.29 is 0 Å². The topological polar surface area (TPSA) is 0 Å². The molecule has 0 aromatic carbocycles. The van der Waals surface area contributed by atoms with Crippen LogP contribution in [0.2, 0.25) is 0 Å². The smallest absolute Gasteiger partial charge is 0.00907 e. The summed E-state index contributed by atoms with van der Waals surface area (Å²) in [6, 6.07) is 0. The van der Waals surface area contributed by atoms with E-state index in [9.17, 15) is 0 Å². The van der Waals surface area contributed by atoms with Gasteiger partial charge in [-0.15, -0.1) is 0 Å². The average molecular weight is 631 g/mol. The number of fused-ring (bicyclic) bond motifs is 2. The number of hydrogen-bond acceptors (Lipinski definition) is 0. The summed E-state index contributed by atoms with van der Waals surface area (Å²) in [5.74, 6) is 9.53. The van der Waals surface area contributed by atoms with Gasteiger partial charge in [0.05, 0.1) is 0 Å². The number of allylic oxidation sites excluding steroid dienone is 14. The maximum Gasteiger partial charge on any atom is -0.00907 e. The van der Waals surface area contributed by atoms with E-state index in [1.165, 1.54) is 128 Å². The summed E-state index contributed by atoms with van der Waals surface area (Å²) >= 11 is 0. The minimum atomic E-state index is 0.760. The summed E-state index contributed by atoms with van der Waals surface area (Å²) in [7, 11) is 0. The summed E-state index contributed by atoms with van der Waals surface area (Å²) in [6.45, 7) is 4.78. The minimum absolute atomic E-state index is 0.760. The summed E-state index contributed by atoms with van der Waals surface area (Å²) in [6.07, 6.45) is 52.2. The molecule has 8 aliphatic rings. The molecular weight excluding hydrogens is 565 g/mol. The standard InChI is InChI=1S/C47H66/c1-32-19-23-36(24-20-32)40-15-9-17-42-44(38(29-46(40)42)27-34-11-5-3-6-12-34)31-45-39(28-35-13-7-4-8-14-35)30-47-41(16-10-18-43(45)47)37-25-21-33(2)22-26-37/h9-10,15-19,23,25,33-35,38-39,42-47H,3-8,11-14,20-22,24,26-31H2,1-2H3/t33-,38?,39?,42?,43?,44?,45?,46?,47?/m1/s1. The molecule has 8 unspecified atom stereocenters. The van der Waals surface area contributed by atoms with Gasteiger partial charge in [-0.1, -0.05) is 131 Å². The largest absolute Gasteiger partial charge is 0.0808 e. The van der Waals surface area contributed by atoms with Crippen LogP contribution in [0, 0.1) is 65.1 Å². The molecule has 0 aromatic heterocycles. The van der Waals surface area contributed by atoms with Gasteiger partial charge in [-0.05, 0) is 159 Å². The van der Waals surface area contributed by atoms with Gasteiger partial charge in [0.25, 0.3) is 0 Å². The second-order valence-corrected chi connectivity index (χ2v) is 18.2. The van der Waals surface area contributed by atoms with Crippen molar-refractivity contribution in [1.82, 2.24) is 0 Å². The molecule has 0 bridgehead atoms. The Morgan fingerprint density at radius 3 is 1.66 bits per heavy atom. The number of rotatable bonds is 8. The Morgan fingerprint density at radius 1 is 0.574 bits per heavy atom. The van der Waals surface area contributed by atoms with Crippen LogP contribution in [0.25, 0.3) is 0 Å². The fourth-order valence-electron chi connectivity index (χ4n) is 12.7. The van der Waals surface area contributed by atoms with Crippen molar-refractivity contribution in [2.75, 3.05) is 0 Å². The molecule has 9 atom stereocenters. The molecule has 0 radical (unpaired) electrons. The molecule has 0 aliphatic heterocycles. The second-order valence-electron chi connectivity index (χ2n) is 18.2. The van der Waals surface area contributed by atoms with E-state index >= 15 is 0 Å². The lowest BCUT2D eigenvalue weighted by Gasteiger charge is -2.37. The SMILES string of the molecule is CC1=CC=C(C2=CC=CC3C2CC(CC2CCCCC2)C3CC2C(CC3CCCCC3)CC3C(C4=CC[C@@H](C)CC4)=CC=CC32)CC1. The van der Waals surface area contributed by atoms with Crippen LogP contribution >= 0.6 is 0 Å². The van der Waals surface area contributed by atoms with Crippen molar-refractivity contribution in [2.24, 2.45) is 65.1 Å². The summed E-state index contributed by atoms with van der Waals surface area (Å²) < 4.78 is 0. The summed E-state index contributed by atoms with van der Waals surface area (Å²) in [5, 5.41) is 0. The van der Waals surface area contributed by atoms with Crippen molar-refractivity contribution >= 4 is 0 Å². The molecule has 0 aromatic rings. The van der Waals surface area contributed by atoms with Gasteiger partial charge < -0.3 is 0 Å². The molecule has 0 saturated heterocycles. The van der Waals surface area contributed by atoms with Crippen LogP contribution in [0.3, 0.4) is 0 Å². The molecule has 8 aliphatic carbocycles. The molecule has 47 heavy (non-hydrogen) atoms. The van der Waals surface area contributed by atoms with Gasteiger partial charge in [0.15, 0.2) is 0 Å². The Bertz CT molecular complexity index is 1330. The Balaban J connectivity index is 1.09. The van der Waals surface area contributed by atoms with Gasteiger partial charge in [-0.3, -0.25) is 0 Å². The van der Waals surface area contributed by atoms with Crippen LogP contribution < -0.4 is 0 Å². The average Bonchev–Trinajstić information content (AvgIpc) is 3.63. The van der Waals surface area contributed by atoms with Gasteiger partial charge in [-0.25, -0.2) is 0 Å². The molecule has 0 N–H and O–H groups in total. The maximum atomic E-state index is 2.73. The van der Waals surface area contributed by atoms with Crippen molar-refractivity contribution in [3.8, 4) is 0 Å². The van der Waals surface area contributed by atoms with Crippen molar-refractivity contribution in [3.05, 3.63) is 82.5 Å². The summed E-state index contributed by atoms with van der Waals surface area (Å²) in [5.41, 5.74) is 8.48. The van der Waals surface area contributed by atoms with E-state index in [0.717, 1.165) is 65.1 Å². The van der Waals surface area contributed by atoms with Crippen molar-refractivity contribution in [2.45, 2.75) is 142 Å². The van der Waals surface area contributed by atoms with Gasteiger partial charge in [0.1, 0.15) is 0 Å². The Kier molecular flexibility index (Phi) is 10.0. The highest BCUT2D eigenvalue weighted by atomic mass is 14.6. The summed E-state index contributed by atoms with van der Waals surface area (Å²) in [4.78, 5) is 0. The first kappa shape index (κ1) is 32.4. The van der Waals surface area contributed by atoms with Crippen LogP contribution in [-0.4, -0.2) is 0 Å². The first-order valence-electron chi connectivity index (χ1n) is 20.9. The molecule has 254 valence electrons. The zero-order valence-electron chi connectivity index (χ0n) is 30.2. The van der Waals surface area contributed by atoms with Crippen molar-refractivity contribution in [1.29, 1.82) is 0 Å². The molecule has 4 fully saturated rings. The van der Waals surface area contributed by atoms with E-state index in [4.69, 9.17) is 0 Å². The Morgan fingerprint density at radius 2 is 1.15 bits per heavy atom. The highest BCUT2D eigenvalue weighted by molar-refractivity contribution is 5.45. The zero-order chi connectivity index (χ0) is 31.7. The van der Waals surface area contributed by atoms with Crippen LogP contribution in [0.1, 0.15) is 142 Å². The van der Waals surface area contributed by atoms with Crippen LogP contribution in [0.4, 0.5) is 0 Å². The molecule has 0 amide bonds. The molecule has 4 saturated carbocycles. The fraction of sp³-hybridized carbons (Fsp3) is 0.702. The van der Waals surface area contributed by atoms with Gasteiger partial charge in [0, 0.05) is 0 Å². The predicted octanol–water partition coefficient (Wildman–Crippen LogP) is 13.5. The lowest BCUT2D eigenvalue weighted by atomic mass is 9.68. The maximum absolute atomic E-state index is 2.73. The van der Waals surface area contributed by atoms with Crippen molar-refractivity contribution in [3.63, 3.8) is 0 Å². The minimum Gasteiger partial charge on any atom is -0.0808 e. The van der Waals surface area contributed by atoms with Gasteiger partial charge in [-0.2, -0.15) is 0 Å². The quantitative estimate of drug-likeness (QED) is 0.250. The molecule has 0 spiro atoms. The molecule has 0 heterocycles. The van der Waals surface area contributed by atoms with Crippen LogP contribution in [-0.2, 0) is 0 Å². The third kappa shape index (κ3) is 6.97. The Labute approximate surface area is 289 Å². The van der Waals surface area contributed by atoms with E-state index in [1.54, 1.807) is 27.9 Å². The fourth-order valence-corrected chi connectivity index (χ4v) is 12.7. The van der Waals surface area contributed by atoms with Crippen LogP contribution in [0.15, 0.2) is 82.5 Å². The Hall–Kier alpha value is -1.82. The lowest BCUT2D eigenvalue weighted by Crippen LogP contribution is -2.28. The third-order valence-electron chi connectivity index (χ3n) is 15.3. The van der Waals surface area contributed by atoms with E-state index in [2.05, 4.69) is 68.5 Å². The molecular formula is C47H66. The lowest BCUT2D eigenvalue weighted by molar-refractivity contribution is 0.163. The second kappa shape index (κ2) is 14.6. The van der Waals surface area contributed by atoms with E-state index < -0.39 is 0 Å². The van der Waals surface area contributed by atoms with Crippen LogP contribution in [0.5, 0.6) is 0 Å². The number of hydrogen-bond donors (Lipinski definition) is 0. The highest BCUT2D eigenvalue weighted by Gasteiger charge is 2.51. The predicted molar refractivity (Wildman–Crippen MR) is 201 cm³/mol. The van der Waals surface area contributed by atoms with Gasteiger partial charge in [0.2, 0.25) is 0 Å². The van der Waals surface area contributed by atoms with Gasteiger partial charge >= 0.3 is 0 Å². The van der Waals surface area contributed by atoms with E-state index in [1.807, 2.05) is 0 Å². The van der Waals surface area contributed by atoms with E-state index in [0.29, 0.717) is 0 Å². The molecule has 8 rings (SSSR count). The zero-order valence-corrected chi connectivity index (χ0v) is 30.2. The first-order chi connectivity index (χ1) is 23.1. The monoisotopic (exact) mass is 631 g/mol. The third-order valence-corrected chi connectivity index (χ3v) is 15.3. The highest BCUT2D eigenvalue weighted by Crippen LogP contribution is 2.60. The first-order valence-corrected chi connectivity index (χ1v) is 20.9. The molecule has 0 heteroatoms. The molecule has 0 nitrogen and oxygen atoms in total. The van der Waals surface area contributed by atoms with E-state index in [-0.39, 0.29) is 0 Å². The normalized spacial score (nSPS) is 39.4.